The zero-order valence-corrected chi connectivity index (χ0v) is 18.3. The molecular formula is C23H23F3N6O. The van der Waals surface area contributed by atoms with E-state index in [2.05, 4.69) is 20.3 Å². The number of hydrogen-bond donors (Lipinski definition) is 2. The van der Waals surface area contributed by atoms with E-state index in [4.69, 9.17) is 10.5 Å². The number of aromatic nitrogens is 3. The maximum absolute atomic E-state index is 15.2. The number of pyridine rings is 1. The number of halogens is 3. The van der Waals surface area contributed by atoms with Gasteiger partial charge in [0, 0.05) is 85.6 Å². The van der Waals surface area contributed by atoms with Crippen molar-refractivity contribution in [3.05, 3.63) is 47.5 Å². The van der Waals surface area contributed by atoms with Crippen molar-refractivity contribution in [2.75, 3.05) is 44.0 Å². The van der Waals surface area contributed by atoms with Gasteiger partial charge >= 0.3 is 6.01 Å². The van der Waals surface area contributed by atoms with Crippen LogP contribution in [0.5, 0.6) is 6.01 Å². The van der Waals surface area contributed by atoms with Crippen molar-refractivity contribution in [2.45, 2.75) is 18.5 Å². The second-order valence-corrected chi connectivity index (χ2v) is 8.33. The van der Waals surface area contributed by atoms with Crippen LogP contribution in [0.2, 0.25) is 0 Å². The summed E-state index contributed by atoms with van der Waals surface area (Å²) >= 11 is 0. The molecule has 1 saturated heterocycles. The Balaban J connectivity index is 1.77. The second kappa shape index (κ2) is 7.87. The van der Waals surface area contributed by atoms with E-state index in [1.165, 1.54) is 7.11 Å². The number of hydrogen-bond acceptors (Lipinski definition) is 7. The molecule has 0 saturated carbocycles. The molecule has 1 unspecified atom stereocenters. The van der Waals surface area contributed by atoms with Gasteiger partial charge in [-0.3, -0.25) is 4.98 Å². The third-order valence-corrected chi connectivity index (χ3v) is 6.43. The molecule has 0 bridgehead atoms. The van der Waals surface area contributed by atoms with Crippen molar-refractivity contribution in [1.29, 1.82) is 0 Å². The molecule has 3 aromatic rings. The van der Waals surface area contributed by atoms with Crippen LogP contribution in [0.3, 0.4) is 0 Å². The van der Waals surface area contributed by atoms with Gasteiger partial charge in [0.25, 0.3) is 0 Å². The Morgan fingerprint density at radius 1 is 1.18 bits per heavy atom. The lowest BCUT2D eigenvalue weighted by Crippen LogP contribution is -2.36. The van der Waals surface area contributed by atoms with Crippen molar-refractivity contribution in [3.8, 4) is 28.3 Å². The number of nitrogens with two attached hydrogens (primary N) is 1. The molecule has 3 N–H and O–H groups in total. The van der Waals surface area contributed by atoms with Crippen molar-refractivity contribution in [2.24, 2.45) is 5.73 Å². The van der Waals surface area contributed by atoms with E-state index in [0.29, 0.717) is 52.3 Å². The first-order valence-electron chi connectivity index (χ1n) is 10.6. The molecule has 0 radical (unpaired) electrons. The van der Waals surface area contributed by atoms with Crippen molar-refractivity contribution < 1.29 is 17.9 Å². The normalized spacial score (nSPS) is 18.9. The molecule has 7 nitrogen and oxygen atoms in total. The van der Waals surface area contributed by atoms with E-state index in [1.807, 2.05) is 4.90 Å². The molecule has 33 heavy (non-hydrogen) atoms. The zero-order chi connectivity index (χ0) is 23.3. The van der Waals surface area contributed by atoms with Gasteiger partial charge in [-0.25, -0.2) is 23.1 Å². The highest BCUT2D eigenvalue weighted by Gasteiger charge is 2.41. The number of benzene rings is 1. The smallest absolute Gasteiger partial charge is 0.316 e. The number of nitrogens with one attached hydrogen (secondary N) is 1. The summed E-state index contributed by atoms with van der Waals surface area (Å²) in [5, 5.41) is 2.94. The highest BCUT2D eigenvalue weighted by Crippen LogP contribution is 2.50. The fourth-order valence-electron chi connectivity index (χ4n) is 4.73. The number of methoxy groups -OCH3 is 1. The molecule has 0 amide bonds. The second-order valence-electron chi connectivity index (χ2n) is 8.33. The first-order valence-corrected chi connectivity index (χ1v) is 10.6. The summed E-state index contributed by atoms with van der Waals surface area (Å²) in [6, 6.07) is 1.34. The van der Waals surface area contributed by atoms with Crippen LogP contribution in [0, 0.1) is 11.6 Å². The summed E-state index contributed by atoms with van der Waals surface area (Å²) in [4.78, 5) is 14.7. The fourth-order valence-corrected chi connectivity index (χ4v) is 4.73. The van der Waals surface area contributed by atoms with Crippen LogP contribution in [0.15, 0.2) is 24.7 Å². The SMILES string of the molecule is CNc1cc(F)c(F)c2c1Cc1ncc(-c3cnc(OC)nc3)c(N3CCC(F)(CN)C3)c1-2. The van der Waals surface area contributed by atoms with E-state index in [1.54, 1.807) is 25.6 Å². The number of rotatable bonds is 5. The third-order valence-electron chi connectivity index (χ3n) is 6.43. The minimum absolute atomic E-state index is 0.0368. The topological polar surface area (TPSA) is 89.2 Å². The summed E-state index contributed by atoms with van der Waals surface area (Å²) in [5.41, 5.74) is 8.23. The van der Waals surface area contributed by atoms with Crippen molar-refractivity contribution in [1.82, 2.24) is 15.0 Å². The Morgan fingerprint density at radius 3 is 2.58 bits per heavy atom. The number of fused-ring (bicyclic) bond motifs is 3. The molecule has 10 heteroatoms. The molecule has 0 spiro atoms. The average molecular weight is 456 g/mol. The van der Waals surface area contributed by atoms with Crippen LogP contribution in [0.4, 0.5) is 24.5 Å². The van der Waals surface area contributed by atoms with Crippen LogP contribution >= 0.6 is 0 Å². The molecule has 2 aromatic heterocycles. The van der Waals surface area contributed by atoms with Crippen molar-refractivity contribution in [3.63, 3.8) is 0 Å². The standard InChI is InChI=1S/C23H23F3N6O/c1-28-16-6-15(24)20(25)18-13(16)5-17-19(18)21(32-4-3-23(26,10-27)11-32)14(9-29-17)12-7-30-22(33-2)31-8-12/h6-9,28H,3-5,10-11,27H2,1-2H3. The third kappa shape index (κ3) is 3.36. The largest absolute Gasteiger partial charge is 0.467 e. The Hall–Kier alpha value is -3.40. The van der Waals surface area contributed by atoms with Gasteiger partial charge in [0.2, 0.25) is 0 Å². The Labute approximate surface area is 188 Å². The van der Waals surface area contributed by atoms with Gasteiger partial charge < -0.3 is 20.7 Å². The molecule has 3 heterocycles. The lowest BCUT2D eigenvalue weighted by Gasteiger charge is -2.26. The lowest BCUT2D eigenvalue weighted by molar-refractivity contribution is 0.204. The predicted molar refractivity (Wildman–Crippen MR) is 119 cm³/mol. The van der Waals surface area contributed by atoms with Gasteiger partial charge in [0.05, 0.1) is 25.0 Å². The van der Waals surface area contributed by atoms with Crippen molar-refractivity contribution >= 4 is 11.4 Å². The molecule has 2 aliphatic rings. The summed E-state index contributed by atoms with van der Waals surface area (Å²) in [6.07, 6.45) is 5.35. The minimum Gasteiger partial charge on any atom is -0.467 e. The van der Waals surface area contributed by atoms with Crippen LogP contribution in [-0.2, 0) is 6.42 Å². The number of ether oxygens (including phenoxy) is 1. The van der Waals surface area contributed by atoms with Crippen LogP contribution in [0.1, 0.15) is 17.7 Å². The van der Waals surface area contributed by atoms with Gasteiger partial charge in [0.15, 0.2) is 11.6 Å². The van der Waals surface area contributed by atoms with E-state index < -0.39 is 17.3 Å². The maximum atomic E-state index is 15.2. The summed E-state index contributed by atoms with van der Waals surface area (Å²) in [5.74, 6) is -1.91. The molecule has 1 fully saturated rings. The van der Waals surface area contributed by atoms with Gasteiger partial charge in [-0.1, -0.05) is 0 Å². The van der Waals surface area contributed by atoms with Gasteiger partial charge in [-0.2, -0.15) is 0 Å². The predicted octanol–water partition coefficient (Wildman–Crippen LogP) is 3.32. The molecule has 1 atom stereocenters. The average Bonchev–Trinajstić information content (AvgIpc) is 3.42. The van der Waals surface area contributed by atoms with Crippen LogP contribution in [0.25, 0.3) is 22.3 Å². The quantitative estimate of drug-likeness (QED) is 0.476. The molecule has 172 valence electrons. The summed E-state index contributed by atoms with van der Waals surface area (Å²) in [6.45, 7) is 0.287. The lowest BCUT2D eigenvalue weighted by atomic mass is 9.98. The Kier molecular flexibility index (Phi) is 5.12. The maximum Gasteiger partial charge on any atom is 0.316 e. The summed E-state index contributed by atoms with van der Waals surface area (Å²) in [7, 11) is 3.12. The molecule has 1 aliphatic carbocycles. The van der Waals surface area contributed by atoms with Crippen LogP contribution in [-0.4, -0.2) is 54.4 Å². The molecule has 1 aromatic carbocycles. The van der Waals surface area contributed by atoms with Gasteiger partial charge in [-0.15, -0.1) is 0 Å². The van der Waals surface area contributed by atoms with Gasteiger partial charge in [-0.05, 0) is 5.56 Å². The van der Waals surface area contributed by atoms with E-state index >= 15 is 8.78 Å². The van der Waals surface area contributed by atoms with Crippen LogP contribution < -0.4 is 20.7 Å². The summed E-state index contributed by atoms with van der Waals surface area (Å²) < 4.78 is 50.0. The first kappa shape index (κ1) is 21.4. The monoisotopic (exact) mass is 456 g/mol. The van der Waals surface area contributed by atoms with E-state index in [0.717, 1.165) is 6.07 Å². The Bertz CT molecular complexity index is 1240. The number of anilines is 2. The zero-order valence-electron chi connectivity index (χ0n) is 18.3. The number of alkyl halides is 1. The highest BCUT2D eigenvalue weighted by molar-refractivity contribution is 5.96. The fraction of sp³-hybridized carbons (Fsp3) is 0.348. The Morgan fingerprint density at radius 2 is 1.94 bits per heavy atom. The minimum atomic E-state index is -1.57. The van der Waals surface area contributed by atoms with E-state index in [9.17, 15) is 4.39 Å². The molecule has 5 rings (SSSR count). The first-order chi connectivity index (χ1) is 15.9. The molecule has 1 aliphatic heterocycles. The number of nitrogens with zero attached hydrogens (tertiary/aromatic N) is 4. The highest BCUT2D eigenvalue weighted by atomic mass is 19.2. The molecular weight excluding hydrogens is 433 g/mol. The van der Waals surface area contributed by atoms with Gasteiger partial charge in [0.1, 0.15) is 5.67 Å². The van der Waals surface area contributed by atoms with E-state index in [-0.39, 0.29) is 31.1 Å².